The zero-order chi connectivity index (χ0) is 15.2. The van der Waals surface area contributed by atoms with Crippen LogP contribution in [0.25, 0.3) is 0 Å². The topological polar surface area (TPSA) is 39.1 Å². The van der Waals surface area contributed by atoms with Crippen LogP contribution in [0.15, 0.2) is 24.4 Å². The van der Waals surface area contributed by atoms with Crippen LogP contribution in [-0.2, 0) is 17.8 Å². The van der Waals surface area contributed by atoms with Crippen LogP contribution in [0.4, 0.5) is 0 Å². The van der Waals surface area contributed by atoms with E-state index in [9.17, 15) is 0 Å². The number of imidazole rings is 1. The minimum atomic E-state index is 0.576. The third-order valence-electron chi connectivity index (χ3n) is 3.29. The fraction of sp³-hybridized carbons (Fsp3) is 0.400. The third-order valence-corrected chi connectivity index (χ3v) is 4.14. The molecule has 0 aliphatic carbocycles. The Morgan fingerprint density at radius 2 is 2.14 bits per heavy atom. The van der Waals surface area contributed by atoms with Crippen LogP contribution >= 0.6 is 23.2 Å². The van der Waals surface area contributed by atoms with E-state index in [0.29, 0.717) is 23.2 Å². The number of aromatic nitrogens is 2. The maximum Gasteiger partial charge on any atom is 0.106 e. The highest BCUT2D eigenvalue weighted by atomic mass is 35.5. The van der Waals surface area contributed by atoms with Crippen LogP contribution in [0.1, 0.15) is 17.1 Å². The Kier molecular flexibility index (Phi) is 6.06. The van der Waals surface area contributed by atoms with Crippen molar-refractivity contribution in [1.29, 1.82) is 0 Å². The summed E-state index contributed by atoms with van der Waals surface area (Å²) in [6.45, 7) is 4.87. The number of methoxy groups -OCH3 is 1. The zero-order valence-electron chi connectivity index (χ0n) is 12.2. The molecule has 1 aromatic carbocycles. The lowest BCUT2D eigenvalue weighted by Crippen LogP contribution is -2.21. The Labute approximate surface area is 135 Å². The van der Waals surface area contributed by atoms with Gasteiger partial charge in [-0.15, -0.1) is 0 Å². The second kappa shape index (κ2) is 7.80. The van der Waals surface area contributed by atoms with Crippen molar-refractivity contribution in [2.45, 2.75) is 20.0 Å². The molecule has 0 saturated heterocycles. The van der Waals surface area contributed by atoms with E-state index in [2.05, 4.69) is 14.9 Å². The molecule has 0 bridgehead atoms. The van der Waals surface area contributed by atoms with Gasteiger partial charge in [-0.25, -0.2) is 4.98 Å². The summed E-state index contributed by atoms with van der Waals surface area (Å²) < 4.78 is 7.16. The summed E-state index contributed by atoms with van der Waals surface area (Å²) in [6.07, 6.45) is 1.88. The SMILES string of the molecule is COCCNCc1cnc(C)n1Cc1cccc(Cl)c1Cl. The van der Waals surface area contributed by atoms with E-state index < -0.39 is 0 Å². The van der Waals surface area contributed by atoms with E-state index in [0.717, 1.165) is 30.2 Å². The van der Waals surface area contributed by atoms with Gasteiger partial charge in [0, 0.05) is 26.4 Å². The molecule has 2 rings (SSSR count). The van der Waals surface area contributed by atoms with Crippen LogP contribution in [0.3, 0.4) is 0 Å². The highest BCUT2D eigenvalue weighted by Gasteiger charge is 2.10. The lowest BCUT2D eigenvalue weighted by atomic mass is 10.2. The normalized spacial score (nSPS) is 11.0. The molecule has 0 unspecified atom stereocenters. The van der Waals surface area contributed by atoms with Gasteiger partial charge in [0.2, 0.25) is 0 Å². The molecule has 0 saturated carbocycles. The summed E-state index contributed by atoms with van der Waals surface area (Å²) in [5, 5.41) is 4.50. The molecule has 4 nitrogen and oxygen atoms in total. The van der Waals surface area contributed by atoms with Crippen molar-refractivity contribution in [2.75, 3.05) is 20.3 Å². The number of hydrogen-bond acceptors (Lipinski definition) is 3. The van der Waals surface area contributed by atoms with Gasteiger partial charge in [-0.2, -0.15) is 0 Å². The summed E-state index contributed by atoms with van der Waals surface area (Å²) >= 11 is 12.3. The molecule has 1 heterocycles. The highest BCUT2D eigenvalue weighted by molar-refractivity contribution is 6.42. The van der Waals surface area contributed by atoms with Gasteiger partial charge in [-0.3, -0.25) is 0 Å². The van der Waals surface area contributed by atoms with Crippen molar-refractivity contribution in [1.82, 2.24) is 14.9 Å². The molecule has 0 fully saturated rings. The number of rotatable bonds is 7. The molecule has 0 aliphatic heterocycles. The van der Waals surface area contributed by atoms with E-state index in [-0.39, 0.29) is 0 Å². The second-order valence-electron chi connectivity index (χ2n) is 4.77. The van der Waals surface area contributed by atoms with Crippen LogP contribution in [-0.4, -0.2) is 29.8 Å². The number of nitrogens with zero attached hydrogens (tertiary/aromatic N) is 2. The number of hydrogen-bond donors (Lipinski definition) is 1. The van der Waals surface area contributed by atoms with E-state index in [4.69, 9.17) is 27.9 Å². The van der Waals surface area contributed by atoms with Crippen molar-refractivity contribution in [2.24, 2.45) is 0 Å². The molecule has 1 aromatic heterocycles. The molecular formula is C15H19Cl2N3O. The van der Waals surface area contributed by atoms with E-state index in [1.165, 1.54) is 0 Å². The summed E-state index contributed by atoms with van der Waals surface area (Å²) in [6, 6.07) is 5.68. The Morgan fingerprint density at radius 3 is 2.90 bits per heavy atom. The van der Waals surface area contributed by atoms with Gasteiger partial charge in [0.1, 0.15) is 5.82 Å². The largest absolute Gasteiger partial charge is 0.383 e. The van der Waals surface area contributed by atoms with Crippen molar-refractivity contribution in [3.05, 3.63) is 51.5 Å². The van der Waals surface area contributed by atoms with Gasteiger partial charge in [0.05, 0.1) is 28.9 Å². The monoisotopic (exact) mass is 327 g/mol. The van der Waals surface area contributed by atoms with E-state index in [1.807, 2.05) is 25.3 Å². The Balaban J connectivity index is 2.12. The molecule has 1 N–H and O–H groups in total. The van der Waals surface area contributed by atoms with Gasteiger partial charge in [0.25, 0.3) is 0 Å². The number of benzene rings is 1. The summed E-state index contributed by atoms with van der Waals surface area (Å²) in [5.74, 6) is 0.953. The highest BCUT2D eigenvalue weighted by Crippen LogP contribution is 2.26. The van der Waals surface area contributed by atoms with Crippen molar-refractivity contribution in [3.63, 3.8) is 0 Å². The van der Waals surface area contributed by atoms with Crippen LogP contribution in [0, 0.1) is 6.92 Å². The van der Waals surface area contributed by atoms with Gasteiger partial charge >= 0.3 is 0 Å². The molecule has 6 heteroatoms. The Morgan fingerprint density at radius 1 is 1.33 bits per heavy atom. The van der Waals surface area contributed by atoms with Crippen molar-refractivity contribution >= 4 is 23.2 Å². The molecular weight excluding hydrogens is 309 g/mol. The summed E-state index contributed by atoms with van der Waals surface area (Å²) in [4.78, 5) is 4.38. The van der Waals surface area contributed by atoms with Crippen molar-refractivity contribution < 1.29 is 4.74 Å². The smallest absolute Gasteiger partial charge is 0.106 e. The van der Waals surface area contributed by atoms with E-state index >= 15 is 0 Å². The third kappa shape index (κ3) is 4.20. The van der Waals surface area contributed by atoms with Gasteiger partial charge < -0.3 is 14.6 Å². The maximum absolute atomic E-state index is 6.26. The predicted octanol–water partition coefficient (Wildman–Crippen LogP) is 3.28. The average molecular weight is 328 g/mol. The molecule has 0 amide bonds. The summed E-state index contributed by atoms with van der Waals surface area (Å²) in [5.41, 5.74) is 2.10. The first-order valence-corrected chi connectivity index (χ1v) is 7.52. The lowest BCUT2D eigenvalue weighted by molar-refractivity contribution is 0.199. The maximum atomic E-state index is 6.26. The standard InChI is InChI=1S/C15H19Cl2N3O/c1-11-19-9-13(8-18-6-7-21-2)20(11)10-12-4-3-5-14(16)15(12)17/h3-5,9,18H,6-8,10H2,1-2H3. The number of halogens is 2. The van der Waals surface area contributed by atoms with Crippen LogP contribution in [0.5, 0.6) is 0 Å². The van der Waals surface area contributed by atoms with Crippen LogP contribution in [0.2, 0.25) is 10.0 Å². The minimum Gasteiger partial charge on any atom is -0.383 e. The quantitative estimate of drug-likeness (QED) is 0.793. The molecule has 0 spiro atoms. The number of ether oxygens (including phenoxy) is 1. The lowest BCUT2D eigenvalue weighted by Gasteiger charge is -2.13. The fourth-order valence-electron chi connectivity index (χ4n) is 2.10. The molecule has 0 aliphatic rings. The van der Waals surface area contributed by atoms with E-state index in [1.54, 1.807) is 13.2 Å². The number of nitrogens with one attached hydrogen (secondary N) is 1. The van der Waals surface area contributed by atoms with Crippen molar-refractivity contribution in [3.8, 4) is 0 Å². The fourth-order valence-corrected chi connectivity index (χ4v) is 2.48. The first-order chi connectivity index (χ1) is 10.1. The van der Waals surface area contributed by atoms with Gasteiger partial charge in [-0.05, 0) is 18.6 Å². The average Bonchev–Trinajstić information content (AvgIpc) is 2.81. The van der Waals surface area contributed by atoms with Crippen LogP contribution < -0.4 is 5.32 Å². The molecule has 2 aromatic rings. The molecule has 114 valence electrons. The zero-order valence-corrected chi connectivity index (χ0v) is 13.7. The first kappa shape index (κ1) is 16.3. The Bertz CT molecular complexity index is 599. The van der Waals surface area contributed by atoms with Gasteiger partial charge in [-0.1, -0.05) is 35.3 Å². The molecule has 21 heavy (non-hydrogen) atoms. The summed E-state index contributed by atoms with van der Waals surface area (Å²) in [7, 11) is 1.69. The Hall–Kier alpha value is -1.07. The van der Waals surface area contributed by atoms with Gasteiger partial charge in [0.15, 0.2) is 0 Å². The first-order valence-electron chi connectivity index (χ1n) is 6.77. The molecule has 0 radical (unpaired) electrons. The molecule has 0 atom stereocenters. The number of aryl methyl sites for hydroxylation is 1. The predicted molar refractivity (Wildman–Crippen MR) is 86.1 cm³/mol. The second-order valence-corrected chi connectivity index (χ2v) is 5.55. The minimum absolute atomic E-state index is 0.576.